The average molecular weight is 279 g/mol. The second-order valence-electron chi connectivity index (χ2n) is 6.40. The summed E-state index contributed by atoms with van der Waals surface area (Å²) in [5.41, 5.74) is 7.54. The van der Waals surface area contributed by atoms with Crippen LogP contribution < -0.4 is 5.73 Å². The van der Waals surface area contributed by atoms with Gasteiger partial charge in [0.1, 0.15) is 0 Å². The Kier molecular flexibility index (Phi) is 4.86. The zero-order valence-electron chi connectivity index (χ0n) is 13.4. The monoisotopic (exact) mass is 279 g/mol. The molecule has 6 atom stereocenters. The van der Waals surface area contributed by atoms with E-state index in [0.717, 1.165) is 18.5 Å². The molecule has 6 unspecified atom stereocenters. The minimum Gasteiger partial charge on any atom is -0.375 e. The Labute approximate surface area is 122 Å². The summed E-state index contributed by atoms with van der Waals surface area (Å²) in [6, 6.07) is 2.67. The van der Waals surface area contributed by atoms with E-state index >= 15 is 0 Å². The third-order valence-corrected chi connectivity index (χ3v) is 4.96. The van der Waals surface area contributed by atoms with Crippen molar-refractivity contribution in [2.75, 3.05) is 0 Å². The third-order valence-electron chi connectivity index (χ3n) is 4.96. The van der Waals surface area contributed by atoms with Crippen molar-refractivity contribution in [2.45, 2.75) is 71.8 Å². The normalized spacial score (nSPS) is 33.3. The van der Waals surface area contributed by atoms with Gasteiger partial charge in [-0.2, -0.15) is 5.10 Å². The van der Waals surface area contributed by atoms with E-state index in [1.165, 1.54) is 0 Å². The first-order chi connectivity index (χ1) is 9.43. The van der Waals surface area contributed by atoms with Gasteiger partial charge in [-0.05, 0) is 39.2 Å². The molecule has 114 valence electrons. The molecule has 1 fully saturated rings. The van der Waals surface area contributed by atoms with E-state index in [1.807, 2.05) is 4.68 Å². The second kappa shape index (κ2) is 6.27. The lowest BCUT2D eigenvalue weighted by atomic mass is 9.82. The number of nitrogens with zero attached hydrogens (tertiary/aromatic N) is 2. The minimum atomic E-state index is 0.116. The maximum absolute atomic E-state index is 6.44. The molecule has 4 nitrogen and oxygen atoms in total. The van der Waals surface area contributed by atoms with E-state index in [1.54, 1.807) is 0 Å². The molecule has 0 saturated carbocycles. The highest BCUT2D eigenvalue weighted by atomic mass is 16.5. The quantitative estimate of drug-likeness (QED) is 0.901. The molecular formula is C16H29N3O. The van der Waals surface area contributed by atoms with Crippen molar-refractivity contribution in [1.29, 1.82) is 0 Å². The van der Waals surface area contributed by atoms with Gasteiger partial charge in [-0.25, -0.2) is 0 Å². The van der Waals surface area contributed by atoms with E-state index in [9.17, 15) is 0 Å². The molecular weight excluding hydrogens is 250 g/mol. The molecule has 2 rings (SSSR count). The first-order valence-electron chi connectivity index (χ1n) is 7.89. The van der Waals surface area contributed by atoms with Gasteiger partial charge in [-0.3, -0.25) is 4.68 Å². The van der Waals surface area contributed by atoms with Gasteiger partial charge >= 0.3 is 0 Å². The second-order valence-corrected chi connectivity index (χ2v) is 6.40. The Balaban J connectivity index is 2.01. The predicted molar refractivity (Wildman–Crippen MR) is 81.6 cm³/mol. The van der Waals surface area contributed by atoms with Crippen molar-refractivity contribution in [3.8, 4) is 0 Å². The van der Waals surface area contributed by atoms with Crippen LogP contribution in [0.2, 0.25) is 0 Å². The number of rotatable bonds is 5. The Hall–Kier alpha value is -0.870. The van der Waals surface area contributed by atoms with Crippen molar-refractivity contribution >= 4 is 0 Å². The lowest BCUT2D eigenvalue weighted by Gasteiger charge is -2.25. The summed E-state index contributed by atoms with van der Waals surface area (Å²) >= 11 is 0. The summed E-state index contributed by atoms with van der Waals surface area (Å²) in [5, 5.41) is 4.66. The molecule has 0 aliphatic carbocycles. The molecule has 20 heavy (non-hydrogen) atoms. The highest BCUT2D eigenvalue weighted by Gasteiger charge is 2.40. The molecule has 2 heterocycles. The van der Waals surface area contributed by atoms with Crippen molar-refractivity contribution in [3.05, 3.63) is 18.0 Å². The van der Waals surface area contributed by atoms with E-state index in [2.05, 4.69) is 52.0 Å². The standard InChI is InChI=1S/C16H29N3O/c1-6-10(2)19-8-7-14(18-19)9-15(17)16-11(3)12(4)20-13(16)5/h7-8,10-13,15-16H,6,9,17H2,1-5H3. The van der Waals surface area contributed by atoms with Gasteiger partial charge in [0.15, 0.2) is 0 Å². The van der Waals surface area contributed by atoms with Crippen LogP contribution in [0.1, 0.15) is 52.8 Å². The summed E-state index contributed by atoms with van der Waals surface area (Å²) in [5.74, 6) is 0.926. The summed E-state index contributed by atoms with van der Waals surface area (Å²) in [6.45, 7) is 10.9. The van der Waals surface area contributed by atoms with Crippen molar-refractivity contribution in [1.82, 2.24) is 9.78 Å². The van der Waals surface area contributed by atoms with Crippen LogP contribution in [0.15, 0.2) is 12.3 Å². The van der Waals surface area contributed by atoms with Crippen LogP contribution in [0.5, 0.6) is 0 Å². The number of nitrogens with two attached hydrogens (primary N) is 1. The molecule has 1 aromatic rings. The highest BCUT2D eigenvalue weighted by Crippen LogP contribution is 2.34. The van der Waals surface area contributed by atoms with E-state index in [0.29, 0.717) is 24.0 Å². The van der Waals surface area contributed by atoms with E-state index in [-0.39, 0.29) is 12.1 Å². The molecule has 4 heteroatoms. The van der Waals surface area contributed by atoms with Crippen molar-refractivity contribution < 1.29 is 4.74 Å². The summed E-state index contributed by atoms with van der Waals surface area (Å²) < 4.78 is 7.94. The van der Waals surface area contributed by atoms with Crippen LogP contribution in [0.3, 0.4) is 0 Å². The van der Waals surface area contributed by atoms with Gasteiger partial charge in [0.25, 0.3) is 0 Å². The van der Waals surface area contributed by atoms with Crippen LogP contribution in [-0.2, 0) is 11.2 Å². The fourth-order valence-corrected chi connectivity index (χ4v) is 3.33. The Morgan fingerprint density at radius 1 is 1.35 bits per heavy atom. The number of hydrogen-bond acceptors (Lipinski definition) is 3. The van der Waals surface area contributed by atoms with E-state index < -0.39 is 0 Å². The van der Waals surface area contributed by atoms with Crippen molar-refractivity contribution in [3.63, 3.8) is 0 Å². The molecule has 2 N–H and O–H groups in total. The molecule has 0 amide bonds. The predicted octanol–water partition coefficient (Wildman–Crippen LogP) is 2.78. The van der Waals surface area contributed by atoms with Crippen LogP contribution in [-0.4, -0.2) is 28.0 Å². The SMILES string of the molecule is CCC(C)n1ccc(CC(N)C2C(C)OC(C)C2C)n1. The first kappa shape index (κ1) is 15.5. The minimum absolute atomic E-state index is 0.116. The van der Waals surface area contributed by atoms with Gasteiger partial charge in [0, 0.05) is 30.6 Å². The van der Waals surface area contributed by atoms with Gasteiger partial charge < -0.3 is 10.5 Å². The highest BCUT2D eigenvalue weighted by molar-refractivity contribution is 5.04. The fraction of sp³-hybridized carbons (Fsp3) is 0.812. The van der Waals surface area contributed by atoms with Gasteiger partial charge in [-0.1, -0.05) is 13.8 Å². The lowest BCUT2D eigenvalue weighted by Crippen LogP contribution is -2.39. The van der Waals surface area contributed by atoms with Crippen LogP contribution >= 0.6 is 0 Å². The summed E-state index contributed by atoms with van der Waals surface area (Å²) in [6.07, 6.45) is 4.54. The van der Waals surface area contributed by atoms with Crippen LogP contribution in [0, 0.1) is 11.8 Å². The van der Waals surface area contributed by atoms with Gasteiger partial charge in [0.2, 0.25) is 0 Å². The smallest absolute Gasteiger partial charge is 0.0640 e. The molecule has 0 spiro atoms. The average Bonchev–Trinajstić information content (AvgIpc) is 2.94. The lowest BCUT2D eigenvalue weighted by molar-refractivity contribution is 0.0490. The summed E-state index contributed by atoms with van der Waals surface area (Å²) in [4.78, 5) is 0. The first-order valence-corrected chi connectivity index (χ1v) is 7.89. The molecule has 1 aromatic heterocycles. The third kappa shape index (κ3) is 3.07. The van der Waals surface area contributed by atoms with Crippen LogP contribution in [0.4, 0.5) is 0 Å². The van der Waals surface area contributed by atoms with Gasteiger partial charge in [-0.15, -0.1) is 0 Å². The molecule has 0 radical (unpaired) electrons. The number of ether oxygens (including phenoxy) is 1. The Bertz CT molecular complexity index is 431. The maximum atomic E-state index is 6.44. The Morgan fingerprint density at radius 2 is 2.05 bits per heavy atom. The zero-order valence-corrected chi connectivity index (χ0v) is 13.4. The molecule has 1 aliphatic heterocycles. The molecule has 1 aliphatic rings. The van der Waals surface area contributed by atoms with Crippen LogP contribution in [0.25, 0.3) is 0 Å². The largest absolute Gasteiger partial charge is 0.375 e. The maximum Gasteiger partial charge on any atom is 0.0640 e. The Morgan fingerprint density at radius 3 is 2.60 bits per heavy atom. The molecule has 0 bridgehead atoms. The van der Waals surface area contributed by atoms with E-state index in [4.69, 9.17) is 10.5 Å². The summed E-state index contributed by atoms with van der Waals surface area (Å²) in [7, 11) is 0. The number of aromatic nitrogens is 2. The fourth-order valence-electron chi connectivity index (χ4n) is 3.33. The van der Waals surface area contributed by atoms with Gasteiger partial charge in [0.05, 0.1) is 17.9 Å². The zero-order chi connectivity index (χ0) is 14.9. The number of hydrogen-bond donors (Lipinski definition) is 1. The van der Waals surface area contributed by atoms with Crippen molar-refractivity contribution in [2.24, 2.45) is 17.6 Å². The molecule has 0 aromatic carbocycles. The molecule has 1 saturated heterocycles. The topological polar surface area (TPSA) is 53.1 Å².